The van der Waals surface area contributed by atoms with Crippen molar-refractivity contribution in [3.8, 4) is 11.5 Å². The van der Waals surface area contributed by atoms with E-state index in [1.807, 2.05) is 17.8 Å². The first-order valence-electron chi connectivity index (χ1n) is 6.24. The Labute approximate surface area is 119 Å². The summed E-state index contributed by atoms with van der Waals surface area (Å²) in [5.41, 5.74) is 0.248. The molecule has 1 aliphatic rings. The van der Waals surface area contributed by atoms with Gasteiger partial charge in [0.1, 0.15) is 0 Å². The van der Waals surface area contributed by atoms with E-state index in [1.165, 1.54) is 4.90 Å². The molecule has 2 nitrogen and oxygen atoms in total. The Balaban J connectivity index is 2.04. The second kappa shape index (κ2) is 6.11. The molecule has 0 saturated heterocycles. The second-order valence-electron chi connectivity index (χ2n) is 5.27. The monoisotopic (exact) mass is 284 g/mol. The predicted molar refractivity (Wildman–Crippen MR) is 80.4 cm³/mol. The molecule has 0 fully saturated rings. The number of ether oxygens (including phenoxy) is 2. The molecule has 0 aliphatic carbocycles. The molecule has 0 radical (unpaired) electrons. The zero-order chi connectivity index (χ0) is 13.0. The smallest absolute Gasteiger partial charge is 0.162 e. The number of fused-ring (bicyclic) bond motifs is 1. The number of rotatable bonds is 4. The Kier molecular flexibility index (Phi) is 4.73. The summed E-state index contributed by atoms with van der Waals surface area (Å²) in [6.07, 6.45) is 0.948. The van der Waals surface area contributed by atoms with Gasteiger partial charge in [0.15, 0.2) is 11.5 Å². The maximum absolute atomic E-state index is 5.69. The number of hydrogen-bond acceptors (Lipinski definition) is 4. The fourth-order valence-electron chi connectivity index (χ4n) is 1.56. The minimum absolute atomic E-state index is 0.248. The molecule has 0 unspecified atom stereocenters. The van der Waals surface area contributed by atoms with Crippen molar-refractivity contribution in [1.29, 1.82) is 0 Å². The van der Waals surface area contributed by atoms with Crippen LogP contribution in [0.3, 0.4) is 0 Å². The first-order chi connectivity index (χ1) is 8.61. The van der Waals surface area contributed by atoms with Crippen LogP contribution in [-0.2, 0) is 0 Å². The molecule has 0 amide bonds. The van der Waals surface area contributed by atoms with E-state index in [2.05, 4.69) is 38.6 Å². The zero-order valence-electron chi connectivity index (χ0n) is 10.9. The highest BCUT2D eigenvalue weighted by Crippen LogP contribution is 2.36. The van der Waals surface area contributed by atoms with E-state index in [0.717, 1.165) is 42.6 Å². The van der Waals surface area contributed by atoms with Crippen LogP contribution in [0.4, 0.5) is 0 Å². The summed E-state index contributed by atoms with van der Waals surface area (Å²) in [7, 11) is 0. The highest BCUT2D eigenvalue weighted by Gasteiger charge is 2.17. The molecule has 0 aromatic heterocycles. The Morgan fingerprint density at radius 1 is 1.22 bits per heavy atom. The van der Waals surface area contributed by atoms with E-state index >= 15 is 0 Å². The molecule has 0 N–H and O–H groups in total. The van der Waals surface area contributed by atoms with Gasteiger partial charge in [0, 0.05) is 17.1 Å². The van der Waals surface area contributed by atoms with Crippen LogP contribution in [0.25, 0.3) is 0 Å². The molecule has 2 rings (SSSR count). The molecule has 0 spiro atoms. The lowest BCUT2D eigenvalue weighted by atomic mass is 10.0. The van der Waals surface area contributed by atoms with Gasteiger partial charge in [-0.1, -0.05) is 13.8 Å². The van der Waals surface area contributed by atoms with Crippen LogP contribution in [-0.4, -0.2) is 24.7 Å². The fraction of sp³-hybridized carbons (Fsp3) is 0.571. The Morgan fingerprint density at radius 3 is 2.67 bits per heavy atom. The molecule has 100 valence electrons. The van der Waals surface area contributed by atoms with E-state index in [9.17, 15) is 0 Å². The maximum Gasteiger partial charge on any atom is 0.162 e. The summed E-state index contributed by atoms with van der Waals surface area (Å²) in [5, 5.41) is 0. The molecule has 1 aromatic carbocycles. The van der Waals surface area contributed by atoms with Crippen molar-refractivity contribution in [1.82, 2.24) is 0 Å². The lowest BCUT2D eigenvalue weighted by Crippen LogP contribution is -2.16. The van der Waals surface area contributed by atoms with Gasteiger partial charge in [-0.25, -0.2) is 0 Å². The van der Waals surface area contributed by atoms with E-state index in [-0.39, 0.29) is 5.41 Å². The van der Waals surface area contributed by atoms with E-state index < -0.39 is 0 Å². The molecular formula is C14H20O2S2. The van der Waals surface area contributed by atoms with Gasteiger partial charge < -0.3 is 9.47 Å². The fourth-order valence-corrected chi connectivity index (χ4v) is 2.83. The van der Waals surface area contributed by atoms with Crippen molar-refractivity contribution in [3.63, 3.8) is 0 Å². The number of hydrogen-bond donors (Lipinski definition) is 1. The van der Waals surface area contributed by atoms with Crippen molar-refractivity contribution in [3.05, 3.63) is 18.2 Å². The van der Waals surface area contributed by atoms with Gasteiger partial charge in [0.2, 0.25) is 0 Å². The first-order valence-corrected chi connectivity index (χ1v) is 7.86. The third kappa shape index (κ3) is 3.75. The molecule has 18 heavy (non-hydrogen) atoms. The third-order valence-corrected chi connectivity index (χ3v) is 5.15. The third-order valence-electron chi connectivity index (χ3n) is 2.78. The summed E-state index contributed by atoms with van der Waals surface area (Å²) in [4.78, 5) is 1.23. The molecule has 1 heterocycles. The quantitative estimate of drug-likeness (QED) is 0.668. The van der Waals surface area contributed by atoms with E-state index in [1.54, 1.807) is 0 Å². The molecule has 4 heteroatoms. The topological polar surface area (TPSA) is 18.5 Å². The maximum atomic E-state index is 5.69. The minimum atomic E-state index is 0.248. The SMILES string of the molecule is CC(C)(CS)CSc1ccc2c(c1)OCCCO2. The predicted octanol–water partition coefficient (Wildman–Crippen LogP) is 3.90. The van der Waals surface area contributed by atoms with Crippen LogP contribution in [0, 0.1) is 5.41 Å². The van der Waals surface area contributed by atoms with Gasteiger partial charge in [-0.05, 0) is 29.4 Å². The summed E-state index contributed by atoms with van der Waals surface area (Å²) >= 11 is 6.23. The van der Waals surface area contributed by atoms with Crippen LogP contribution >= 0.6 is 24.4 Å². The van der Waals surface area contributed by atoms with Gasteiger partial charge in [-0.2, -0.15) is 12.6 Å². The Bertz CT molecular complexity index is 405. The molecule has 0 bridgehead atoms. The lowest BCUT2D eigenvalue weighted by molar-refractivity contribution is 0.297. The van der Waals surface area contributed by atoms with Crippen molar-refractivity contribution < 1.29 is 9.47 Å². The Hall–Kier alpha value is -0.480. The van der Waals surface area contributed by atoms with Crippen LogP contribution in [0.2, 0.25) is 0 Å². The van der Waals surface area contributed by atoms with Crippen LogP contribution in [0.1, 0.15) is 20.3 Å². The van der Waals surface area contributed by atoms with Gasteiger partial charge in [0.05, 0.1) is 13.2 Å². The van der Waals surface area contributed by atoms with E-state index in [0.29, 0.717) is 0 Å². The average Bonchev–Trinajstić information content (AvgIpc) is 2.61. The van der Waals surface area contributed by atoms with Crippen molar-refractivity contribution in [2.45, 2.75) is 25.2 Å². The minimum Gasteiger partial charge on any atom is -0.490 e. The van der Waals surface area contributed by atoms with Crippen molar-refractivity contribution >= 4 is 24.4 Å². The average molecular weight is 284 g/mol. The zero-order valence-corrected chi connectivity index (χ0v) is 12.7. The van der Waals surface area contributed by atoms with Gasteiger partial charge >= 0.3 is 0 Å². The molecule has 1 aliphatic heterocycles. The summed E-state index contributed by atoms with van der Waals surface area (Å²) in [6.45, 7) is 5.95. The molecule has 0 atom stereocenters. The largest absolute Gasteiger partial charge is 0.490 e. The van der Waals surface area contributed by atoms with E-state index in [4.69, 9.17) is 9.47 Å². The Morgan fingerprint density at radius 2 is 1.94 bits per heavy atom. The lowest BCUT2D eigenvalue weighted by Gasteiger charge is -2.21. The van der Waals surface area contributed by atoms with Crippen LogP contribution in [0.5, 0.6) is 11.5 Å². The van der Waals surface area contributed by atoms with Gasteiger partial charge in [-0.3, -0.25) is 0 Å². The molecular weight excluding hydrogens is 264 g/mol. The van der Waals surface area contributed by atoms with Crippen LogP contribution < -0.4 is 9.47 Å². The van der Waals surface area contributed by atoms with Crippen molar-refractivity contribution in [2.24, 2.45) is 5.41 Å². The summed E-state index contributed by atoms with van der Waals surface area (Å²) < 4.78 is 11.3. The van der Waals surface area contributed by atoms with Crippen LogP contribution in [0.15, 0.2) is 23.1 Å². The standard InChI is InChI=1S/C14H20O2S2/c1-14(2,9-17)10-18-11-4-5-12-13(8-11)16-7-3-6-15-12/h4-5,8,17H,3,6-7,9-10H2,1-2H3. The summed E-state index contributed by atoms with van der Waals surface area (Å²) in [5.74, 6) is 3.69. The molecule has 0 saturated carbocycles. The highest BCUT2D eigenvalue weighted by atomic mass is 32.2. The van der Waals surface area contributed by atoms with Gasteiger partial charge in [0.25, 0.3) is 0 Å². The second-order valence-corrected chi connectivity index (χ2v) is 6.64. The normalized spacial score (nSPS) is 15.3. The number of thiol groups is 1. The number of benzene rings is 1. The first kappa shape index (κ1) is 13.9. The van der Waals surface area contributed by atoms with Gasteiger partial charge in [-0.15, -0.1) is 11.8 Å². The highest BCUT2D eigenvalue weighted by molar-refractivity contribution is 7.99. The molecule has 1 aromatic rings. The van der Waals surface area contributed by atoms with Crippen molar-refractivity contribution in [2.75, 3.05) is 24.7 Å². The summed E-state index contributed by atoms with van der Waals surface area (Å²) in [6, 6.07) is 6.20. The number of thioether (sulfide) groups is 1.